The lowest BCUT2D eigenvalue weighted by atomic mass is 9.91. The van der Waals surface area contributed by atoms with Crippen LogP contribution in [0.25, 0.3) is 0 Å². The standard InChI is InChI=1S/C21H20N4O5/c1-21(14-6-9-16(29-2)17(10-14)30-3)19(27)25(20(28)24-21)12-18(26)23-15-7-4-13(11-22)5-8-15/h4-10H,12H2,1-3H3,(H,23,26)(H,24,28). The number of carbonyl (C=O) groups is 3. The van der Waals surface area contributed by atoms with Gasteiger partial charge in [-0.2, -0.15) is 5.26 Å². The van der Waals surface area contributed by atoms with Crippen molar-refractivity contribution in [3.8, 4) is 17.6 Å². The molecule has 30 heavy (non-hydrogen) atoms. The van der Waals surface area contributed by atoms with Gasteiger partial charge in [-0.1, -0.05) is 6.07 Å². The number of nitrogens with one attached hydrogen (secondary N) is 2. The summed E-state index contributed by atoms with van der Waals surface area (Å²) in [4.78, 5) is 38.7. The lowest BCUT2D eigenvalue weighted by Crippen LogP contribution is -2.42. The van der Waals surface area contributed by atoms with Gasteiger partial charge < -0.3 is 20.1 Å². The number of methoxy groups -OCH3 is 2. The summed E-state index contributed by atoms with van der Waals surface area (Å²) in [5.41, 5.74) is 0.0423. The highest BCUT2D eigenvalue weighted by Crippen LogP contribution is 2.35. The number of nitriles is 1. The molecule has 9 nitrogen and oxygen atoms in total. The number of amides is 4. The third-order valence-electron chi connectivity index (χ3n) is 4.84. The Morgan fingerprint density at radius 1 is 1.13 bits per heavy atom. The molecule has 0 bridgehead atoms. The third-order valence-corrected chi connectivity index (χ3v) is 4.84. The third kappa shape index (κ3) is 3.75. The van der Waals surface area contributed by atoms with Gasteiger partial charge in [0.1, 0.15) is 12.1 Å². The number of ether oxygens (including phenoxy) is 2. The van der Waals surface area contributed by atoms with Crippen LogP contribution in [0.5, 0.6) is 11.5 Å². The lowest BCUT2D eigenvalue weighted by molar-refractivity contribution is -0.133. The van der Waals surface area contributed by atoms with Crippen LogP contribution >= 0.6 is 0 Å². The summed E-state index contributed by atoms with van der Waals surface area (Å²) in [6.45, 7) is 1.11. The van der Waals surface area contributed by atoms with Gasteiger partial charge in [0, 0.05) is 5.69 Å². The molecule has 3 rings (SSSR count). The monoisotopic (exact) mass is 408 g/mol. The molecule has 0 aromatic heterocycles. The Hall–Kier alpha value is -4.06. The van der Waals surface area contributed by atoms with Crippen molar-refractivity contribution in [3.63, 3.8) is 0 Å². The molecule has 0 saturated carbocycles. The van der Waals surface area contributed by atoms with E-state index >= 15 is 0 Å². The number of hydrogen-bond acceptors (Lipinski definition) is 6. The van der Waals surface area contributed by atoms with Gasteiger partial charge in [0.15, 0.2) is 11.5 Å². The fourth-order valence-electron chi connectivity index (χ4n) is 3.16. The molecule has 9 heteroatoms. The van der Waals surface area contributed by atoms with Gasteiger partial charge in [-0.05, 0) is 48.9 Å². The molecule has 1 unspecified atom stereocenters. The van der Waals surface area contributed by atoms with Crippen LogP contribution in [0, 0.1) is 11.3 Å². The zero-order chi connectivity index (χ0) is 21.9. The molecule has 0 spiro atoms. The predicted molar refractivity (Wildman–Crippen MR) is 107 cm³/mol. The second-order valence-corrected chi connectivity index (χ2v) is 6.75. The summed E-state index contributed by atoms with van der Waals surface area (Å²) in [7, 11) is 2.97. The van der Waals surface area contributed by atoms with Crippen molar-refractivity contribution < 1.29 is 23.9 Å². The molecule has 4 amide bonds. The van der Waals surface area contributed by atoms with E-state index in [0.29, 0.717) is 28.3 Å². The Labute approximate surface area is 173 Å². The second-order valence-electron chi connectivity index (χ2n) is 6.75. The SMILES string of the molecule is COc1ccc(C2(C)NC(=O)N(CC(=O)Nc3ccc(C#N)cc3)C2=O)cc1OC. The molecule has 1 heterocycles. The molecule has 1 fully saturated rings. The van der Waals surface area contributed by atoms with Crippen molar-refractivity contribution in [1.82, 2.24) is 10.2 Å². The second kappa shape index (κ2) is 8.13. The molecular weight excluding hydrogens is 388 g/mol. The van der Waals surface area contributed by atoms with Crippen LogP contribution in [0.15, 0.2) is 42.5 Å². The number of urea groups is 1. The summed E-state index contributed by atoms with van der Waals surface area (Å²) in [5.74, 6) is -0.204. The fraction of sp³-hybridized carbons (Fsp3) is 0.238. The van der Waals surface area contributed by atoms with Crippen LogP contribution in [-0.4, -0.2) is 43.5 Å². The Balaban J connectivity index is 1.76. The van der Waals surface area contributed by atoms with Crippen molar-refractivity contribution in [3.05, 3.63) is 53.6 Å². The summed E-state index contributed by atoms with van der Waals surface area (Å²) in [6.07, 6.45) is 0. The average Bonchev–Trinajstić information content (AvgIpc) is 2.97. The summed E-state index contributed by atoms with van der Waals surface area (Å²) in [6, 6.07) is 12.4. The lowest BCUT2D eigenvalue weighted by Gasteiger charge is -2.23. The van der Waals surface area contributed by atoms with Gasteiger partial charge in [0.2, 0.25) is 5.91 Å². The van der Waals surface area contributed by atoms with Gasteiger partial charge >= 0.3 is 6.03 Å². The van der Waals surface area contributed by atoms with Gasteiger partial charge in [-0.25, -0.2) is 4.79 Å². The fourth-order valence-corrected chi connectivity index (χ4v) is 3.16. The maximum atomic E-state index is 13.0. The molecule has 2 aromatic carbocycles. The van der Waals surface area contributed by atoms with E-state index in [1.807, 2.05) is 6.07 Å². The molecule has 1 aliphatic heterocycles. The smallest absolute Gasteiger partial charge is 0.325 e. The first kappa shape index (κ1) is 20.7. The highest BCUT2D eigenvalue weighted by molar-refractivity contribution is 6.10. The van der Waals surface area contributed by atoms with Crippen molar-refractivity contribution in [2.75, 3.05) is 26.1 Å². The van der Waals surface area contributed by atoms with Gasteiger partial charge in [-0.15, -0.1) is 0 Å². The quantitative estimate of drug-likeness (QED) is 0.705. The molecular formula is C21H20N4O5. The molecule has 2 aromatic rings. The number of rotatable bonds is 6. The van der Waals surface area contributed by atoms with Crippen LogP contribution in [0.3, 0.4) is 0 Å². The van der Waals surface area contributed by atoms with Crippen LogP contribution in [0.2, 0.25) is 0 Å². The van der Waals surface area contributed by atoms with E-state index in [1.54, 1.807) is 49.4 Å². The molecule has 154 valence electrons. The zero-order valence-corrected chi connectivity index (χ0v) is 16.7. The van der Waals surface area contributed by atoms with Crippen molar-refractivity contribution in [2.24, 2.45) is 0 Å². The van der Waals surface area contributed by atoms with E-state index in [1.165, 1.54) is 14.2 Å². The largest absolute Gasteiger partial charge is 0.493 e. The van der Waals surface area contributed by atoms with Crippen LogP contribution < -0.4 is 20.1 Å². The number of imide groups is 1. The Bertz CT molecular complexity index is 1040. The highest BCUT2D eigenvalue weighted by atomic mass is 16.5. The Morgan fingerprint density at radius 3 is 2.40 bits per heavy atom. The van der Waals surface area contributed by atoms with E-state index in [-0.39, 0.29) is 0 Å². The number of nitrogens with zero attached hydrogens (tertiary/aromatic N) is 2. The zero-order valence-electron chi connectivity index (χ0n) is 16.7. The molecule has 2 N–H and O–H groups in total. The summed E-state index contributed by atoms with van der Waals surface area (Å²) >= 11 is 0. The molecule has 0 radical (unpaired) electrons. The average molecular weight is 408 g/mol. The predicted octanol–water partition coefficient (Wildman–Crippen LogP) is 1.98. The van der Waals surface area contributed by atoms with Gasteiger partial charge in [0.05, 0.1) is 25.9 Å². The van der Waals surface area contributed by atoms with E-state index in [0.717, 1.165) is 4.90 Å². The van der Waals surface area contributed by atoms with Crippen LogP contribution in [-0.2, 0) is 15.1 Å². The van der Waals surface area contributed by atoms with E-state index in [9.17, 15) is 14.4 Å². The maximum Gasteiger partial charge on any atom is 0.325 e. The minimum Gasteiger partial charge on any atom is -0.493 e. The van der Waals surface area contributed by atoms with Crippen molar-refractivity contribution >= 4 is 23.5 Å². The maximum absolute atomic E-state index is 13.0. The van der Waals surface area contributed by atoms with Crippen LogP contribution in [0.1, 0.15) is 18.1 Å². The van der Waals surface area contributed by atoms with E-state index < -0.39 is 29.9 Å². The topological polar surface area (TPSA) is 121 Å². The molecule has 1 saturated heterocycles. The minimum atomic E-state index is -1.36. The first-order valence-electron chi connectivity index (χ1n) is 8.99. The summed E-state index contributed by atoms with van der Waals surface area (Å²) < 4.78 is 10.5. The Morgan fingerprint density at radius 2 is 1.80 bits per heavy atom. The molecule has 0 aliphatic carbocycles. The number of hydrogen-bond donors (Lipinski definition) is 2. The van der Waals surface area contributed by atoms with Crippen LogP contribution in [0.4, 0.5) is 10.5 Å². The highest BCUT2D eigenvalue weighted by Gasteiger charge is 2.49. The number of carbonyl (C=O) groups excluding carboxylic acids is 3. The first-order chi connectivity index (χ1) is 14.3. The first-order valence-corrected chi connectivity index (χ1v) is 8.99. The van der Waals surface area contributed by atoms with Crippen molar-refractivity contribution in [1.29, 1.82) is 5.26 Å². The van der Waals surface area contributed by atoms with Gasteiger partial charge in [-0.3, -0.25) is 14.5 Å². The van der Waals surface area contributed by atoms with E-state index in [4.69, 9.17) is 14.7 Å². The van der Waals surface area contributed by atoms with E-state index in [2.05, 4.69) is 10.6 Å². The minimum absolute atomic E-state index is 0.412. The number of benzene rings is 2. The molecule has 1 atom stereocenters. The number of anilines is 1. The van der Waals surface area contributed by atoms with Crippen molar-refractivity contribution in [2.45, 2.75) is 12.5 Å². The Kier molecular flexibility index (Phi) is 5.60. The summed E-state index contributed by atoms with van der Waals surface area (Å²) in [5, 5.41) is 14.1. The normalized spacial score (nSPS) is 17.9. The van der Waals surface area contributed by atoms with Gasteiger partial charge in [0.25, 0.3) is 5.91 Å². The molecule has 1 aliphatic rings.